The summed E-state index contributed by atoms with van der Waals surface area (Å²) in [5.74, 6) is 0.773. The Morgan fingerprint density at radius 2 is 1.58 bits per heavy atom. The predicted molar refractivity (Wildman–Crippen MR) is 156 cm³/mol. The Balaban J connectivity index is 1.43. The molecule has 196 valence electrons. The zero-order valence-corrected chi connectivity index (χ0v) is 22.9. The second-order valence-electron chi connectivity index (χ2n) is 9.64. The second kappa shape index (κ2) is 12.4. The third kappa shape index (κ3) is 6.16. The van der Waals surface area contributed by atoms with E-state index in [4.69, 9.17) is 4.74 Å². The number of methoxy groups -OCH3 is 1. The lowest BCUT2D eigenvalue weighted by atomic mass is 9.97. The van der Waals surface area contributed by atoms with E-state index in [1.54, 1.807) is 18.4 Å². The number of carbonyl (C=O) groups is 1. The summed E-state index contributed by atoms with van der Waals surface area (Å²) >= 11 is 1.69. The summed E-state index contributed by atoms with van der Waals surface area (Å²) in [5, 5.41) is 4.19. The minimum atomic E-state index is -0.0717. The Kier molecular flexibility index (Phi) is 8.54. The molecular weight excluding hydrogens is 490 g/mol. The number of rotatable bonds is 9. The van der Waals surface area contributed by atoms with E-state index < -0.39 is 0 Å². The smallest absolute Gasteiger partial charge is 0.256 e. The lowest BCUT2D eigenvalue weighted by Crippen LogP contribution is -2.47. The van der Waals surface area contributed by atoms with Gasteiger partial charge in [-0.2, -0.15) is 0 Å². The molecule has 1 aliphatic heterocycles. The van der Waals surface area contributed by atoms with Crippen LogP contribution in [0, 0.1) is 0 Å². The molecule has 5 nitrogen and oxygen atoms in total. The molecule has 2 heterocycles. The summed E-state index contributed by atoms with van der Waals surface area (Å²) in [7, 11) is 1.70. The van der Waals surface area contributed by atoms with Gasteiger partial charge in [-0.15, -0.1) is 11.3 Å². The van der Waals surface area contributed by atoms with Crippen molar-refractivity contribution >= 4 is 22.2 Å². The van der Waals surface area contributed by atoms with Crippen molar-refractivity contribution in [1.29, 1.82) is 0 Å². The minimum absolute atomic E-state index is 0.0439. The summed E-state index contributed by atoms with van der Waals surface area (Å²) < 4.78 is 5.44. The highest BCUT2D eigenvalue weighted by Gasteiger charge is 2.30. The number of thiophene rings is 1. The topological polar surface area (TPSA) is 44.8 Å². The maximum atomic E-state index is 13.2. The lowest BCUT2D eigenvalue weighted by Gasteiger charge is -2.40. The molecule has 1 atom stereocenters. The average Bonchev–Trinajstić information content (AvgIpc) is 3.37. The van der Waals surface area contributed by atoms with Crippen molar-refractivity contribution in [2.24, 2.45) is 0 Å². The molecule has 0 bridgehead atoms. The zero-order valence-electron chi connectivity index (χ0n) is 22.1. The van der Waals surface area contributed by atoms with Gasteiger partial charge in [-0.25, -0.2) is 0 Å². The van der Waals surface area contributed by atoms with Gasteiger partial charge in [0.15, 0.2) is 0 Å². The molecule has 38 heavy (non-hydrogen) atoms. The molecule has 3 aromatic carbocycles. The second-order valence-corrected chi connectivity index (χ2v) is 10.8. The number of ether oxygens (including phenoxy) is 1. The number of piperazine rings is 1. The first-order valence-corrected chi connectivity index (χ1v) is 14.1. The average molecular weight is 526 g/mol. The van der Waals surface area contributed by atoms with Crippen LogP contribution >= 0.6 is 11.3 Å². The van der Waals surface area contributed by atoms with Crippen molar-refractivity contribution in [2.45, 2.75) is 25.9 Å². The highest BCUT2D eigenvalue weighted by molar-refractivity contribution is 7.16. The van der Waals surface area contributed by atoms with Gasteiger partial charge in [0.2, 0.25) is 0 Å². The Hall–Kier alpha value is -3.45. The van der Waals surface area contributed by atoms with Gasteiger partial charge >= 0.3 is 0 Å². The number of hydrogen-bond donors (Lipinski definition) is 1. The van der Waals surface area contributed by atoms with Gasteiger partial charge in [-0.05, 0) is 47.9 Å². The zero-order chi connectivity index (χ0) is 26.3. The van der Waals surface area contributed by atoms with E-state index in [1.165, 1.54) is 16.0 Å². The van der Waals surface area contributed by atoms with Crippen molar-refractivity contribution in [3.8, 4) is 5.75 Å². The molecule has 1 fully saturated rings. The van der Waals surface area contributed by atoms with E-state index in [9.17, 15) is 4.79 Å². The van der Waals surface area contributed by atoms with E-state index in [0.717, 1.165) is 55.5 Å². The van der Waals surface area contributed by atoms with E-state index >= 15 is 0 Å². The summed E-state index contributed by atoms with van der Waals surface area (Å²) in [6, 6.07) is 30.8. The van der Waals surface area contributed by atoms with Crippen molar-refractivity contribution in [3.63, 3.8) is 0 Å². The van der Waals surface area contributed by atoms with Gasteiger partial charge in [0.05, 0.1) is 13.2 Å². The standard InChI is InChI=1S/C32H35N3O2S/c1-3-28-22-29(32(38-28)33-31(36)26-12-8-5-9-13-26)30(25-14-16-27(37-2)17-15-25)35-20-18-34(19-21-35)23-24-10-6-4-7-11-24/h4-17,22,30H,3,18-21,23H2,1-2H3,(H,33,36)/t30-/m0/s1. The van der Waals surface area contributed by atoms with Gasteiger partial charge in [0, 0.05) is 48.7 Å². The van der Waals surface area contributed by atoms with Crippen LogP contribution in [-0.2, 0) is 13.0 Å². The lowest BCUT2D eigenvalue weighted by molar-refractivity contribution is 0.102. The van der Waals surface area contributed by atoms with Crippen LogP contribution < -0.4 is 10.1 Å². The molecule has 0 aliphatic carbocycles. The van der Waals surface area contributed by atoms with E-state index in [-0.39, 0.29) is 11.9 Å². The first-order valence-electron chi connectivity index (χ1n) is 13.3. The normalized spacial score (nSPS) is 15.2. The van der Waals surface area contributed by atoms with Gasteiger partial charge in [0.25, 0.3) is 5.91 Å². The number of carbonyl (C=O) groups excluding carboxylic acids is 1. The molecule has 0 saturated carbocycles. The summed E-state index contributed by atoms with van der Waals surface area (Å²) in [6.07, 6.45) is 0.930. The number of nitrogens with one attached hydrogen (secondary N) is 1. The number of aryl methyl sites for hydroxylation is 1. The van der Waals surface area contributed by atoms with E-state index in [1.807, 2.05) is 42.5 Å². The van der Waals surface area contributed by atoms with Crippen LogP contribution in [0.5, 0.6) is 5.75 Å². The van der Waals surface area contributed by atoms with Crippen LogP contribution in [0.1, 0.15) is 44.9 Å². The van der Waals surface area contributed by atoms with Crippen LogP contribution in [0.25, 0.3) is 0 Å². The molecule has 1 saturated heterocycles. The molecule has 1 N–H and O–H groups in total. The molecule has 0 radical (unpaired) electrons. The molecule has 0 unspecified atom stereocenters. The van der Waals surface area contributed by atoms with Crippen LogP contribution in [0.4, 0.5) is 5.00 Å². The number of benzene rings is 3. The summed E-state index contributed by atoms with van der Waals surface area (Å²) in [5.41, 5.74) is 4.39. The monoisotopic (exact) mass is 525 g/mol. The fourth-order valence-electron chi connectivity index (χ4n) is 5.09. The SMILES string of the molecule is CCc1cc([C@H](c2ccc(OC)cc2)N2CCN(Cc3ccccc3)CC2)c(NC(=O)c2ccccc2)s1. The largest absolute Gasteiger partial charge is 0.497 e. The molecular formula is C32H35N3O2S. The molecule has 5 rings (SSSR count). The number of hydrogen-bond acceptors (Lipinski definition) is 5. The van der Waals surface area contributed by atoms with Crippen LogP contribution in [0.3, 0.4) is 0 Å². The third-order valence-corrected chi connectivity index (χ3v) is 8.38. The number of anilines is 1. The Bertz CT molecular complexity index is 1310. The third-order valence-electron chi connectivity index (χ3n) is 7.17. The molecule has 6 heteroatoms. The molecule has 0 spiro atoms. The van der Waals surface area contributed by atoms with Crippen molar-refractivity contribution in [1.82, 2.24) is 9.80 Å². The van der Waals surface area contributed by atoms with Gasteiger partial charge in [-0.3, -0.25) is 14.6 Å². The summed E-state index contributed by atoms with van der Waals surface area (Å²) in [6.45, 7) is 7.04. The quantitative estimate of drug-likeness (QED) is 0.272. The number of amides is 1. The first kappa shape index (κ1) is 26.2. The van der Waals surface area contributed by atoms with Crippen LogP contribution in [0.2, 0.25) is 0 Å². The van der Waals surface area contributed by atoms with E-state index in [0.29, 0.717) is 5.56 Å². The van der Waals surface area contributed by atoms with E-state index in [2.05, 4.69) is 70.6 Å². The molecule has 1 aliphatic rings. The Labute approximate surface area is 229 Å². The maximum absolute atomic E-state index is 13.2. The fraction of sp³-hybridized carbons (Fsp3) is 0.281. The minimum Gasteiger partial charge on any atom is -0.497 e. The van der Waals surface area contributed by atoms with Crippen LogP contribution in [-0.4, -0.2) is 49.0 Å². The number of nitrogens with zero attached hydrogens (tertiary/aromatic N) is 2. The molecule has 1 aromatic heterocycles. The molecule has 1 amide bonds. The summed E-state index contributed by atoms with van der Waals surface area (Å²) in [4.78, 5) is 19.5. The van der Waals surface area contributed by atoms with Crippen LogP contribution in [0.15, 0.2) is 91.0 Å². The van der Waals surface area contributed by atoms with Crippen molar-refractivity contribution in [2.75, 3.05) is 38.6 Å². The first-order chi connectivity index (χ1) is 18.6. The fourth-order valence-corrected chi connectivity index (χ4v) is 6.12. The van der Waals surface area contributed by atoms with Crippen molar-refractivity contribution in [3.05, 3.63) is 118 Å². The van der Waals surface area contributed by atoms with Gasteiger partial charge < -0.3 is 10.1 Å². The maximum Gasteiger partial charge on any atom is 0.256 e. The Morgan fingerprint density at radius 3 is 2.21 bits per heavy atom. The highest BCUT2D eigenvalue weighted by Crippen LogP contribution is 2.40. The Morgan fingerprint density at radius 1 is 0.921 bits per heavy atom. The molecule has 4 aromatic rings. The highest BCUT2D eigenvalue weighted by atomic mass is 32.1. The predicted octanol–water partition coefficient (Wildman–Crippen LogP) is 6.48. The van der Waals surface area contributed by atoms with Gasteiger partial charge in [0.1, 0.15) is 10.8 Å². The van der Waals surface area contributed by atoms with Crippen molar-refractivity contribution < 1.29 is 9.53 Å². The van der Waals surface area contributed by atoms with Gasteiger partial charge in [-0.1, -0.05) is 67.6 Å².